The van der Waals surface area contributed by atoms with E-state index < -0.39 is 12.2 Å². The Hall–Kier alpha value is -2.34. The normalized spacial score (nSPS) is 11.3. The summed E-state index contributed by atoms with van der Waals surface area (Å²) in [6.45, 7) is 0.894. The fourth-order valence-corrected chi connectivity index (χ4v) is 2.34. The highest BCUT2D eigenvalue weighted by atomic mass is 35.5. The summed E-state index contributed by atoms with van der Waals surface area (Å²) in [5, 5.41) is 3.40. The molecule has 2 rings (SSSR count). The summed E-state index contributed by atoms with van der Waals surface area (Å²) in [5.74, 6) is 0.388. The van der Waals surface area contributed by atoms with E-state index in [1.165, 1.54) is 12.1 Å². The van der Waals surface area contributed by atoms with Gasteiger partial charge < -0.3 is 14.8 Å². The lowest BCUT2D eigenvalue weighted by molar-refractivity contribution is -0.134. The maximum absolute atomic E-state index is 12.3. The minimum absolute atomic E-state index is 0.102. The Morgan fingerprint density at radius 1 is 1.08 bits per heavy atom. The molecule has 4 nitrogen and oxygen atoms in total. The molecule has 1 amide bonds. The number of benzene rings is 2. The van der Waals surface area contributed by atoms with Crippen LogP contribution in [-0.2, 0) is 11.2 Å². The first kappa shape index (κ1) is 20.0. The molecule has 0 bridgehead atoms. The van der Waals surface area contributed by atoms with Gasteiger partial charge in [0.25, 0.3) is 5.91 Å². The molecule has 0 heterocycles. The smallest absolute Gasteiger partial charge is 0.387 e. The third-order valence-electron chi connectivity index (χ3n) is 3.58. The highest BCUT2D eigenvalue weighted by molar-refractivity contribution is 6.30. The van der Waals surface area contributed by atoms with Crippen LogP contribution in [0.3, 0.4) is 0 Å². The van der Waals surface area contributed by atoms with E-state index in [1.807, 2.05) is 0 Å². The van der Waals surface area contributed by atoms with Gasteiger partial charge in [-0.25, -0.2) is 0 Å². The molecule has 2 aromatic carbocycles. The Kier molecular flexibility index (Phi) is 6.80. The molecule has 1 N–H and O–H groups in total. The Labute approximate surface area is 156 Å². The van der Waals surface area contributed by atoms with Gasteiger partial charge in [-0.3, -0.25) is 4.79 Å². The number of hydrogen-bond donors (Lipinski definition) is 1. The van der Waals surface area contributed by atoms with Gasteiger partial charge in [0.1, 0.15) is 11.5 Å². The zero-order chi connectivity index (χ0) is 19.2. The van der Waals surface area contributed by atoms with E-state index in [1.54, 1.807) is 50.2 Å². The predicted octanol–water partition coefficient (Wildman–Crippen LogP) is 4.46. The highest BCUT2D eigenvalue weighted by Gasteiger charge is 2.29. The summed E-state index contributed by atoms with van der Waals surface area (Å²) in [6.07, 6.45) is 0.553. The first-order chi connectivity index (χ1) is 12.3. The summed E-state index contributed by atoms with van der Waals surface area (Å²) in [6, 6.07) is 13.1. The van der Waals surface area contributed by atoms with Gasteiger partial charge in [0.05, 0.1) is 0 Å². The molecule has 0 spiro atoms. The van der Waals surface area contributed by atoms with E-state index in [4.69, 9.17) is 16.3 Å². The Morgan fingerprint density at radius 2 is 1.65 bits per heavy atom. The molecule has 7 heteroatoms. The van der Waals surface area contributed by atoms with Crippen molar-refractivity contribution in [3.8, 4) is 11.5 Å². The standard InChI is InChI=1S/C19H20ClF2NO3/c1-19(2,26-16-9-5-14(20)6-10-16)17(24)23-12-11-13-3-7-15(8-4-13)25-18(21)22/h3-10,18H,11-12H2,1-2H3,(H,23,24). The molecule has 0 saturated heterocycles. The molecule has 0 aliphatic rings. The molecule has 26 heavy (non-hydrogen) atoms. The average Bonchev–Trinajstić information content (AvgIpc) is 2.58. The quantitative estimate of drug-likeness (QED) is 0.732. The van der Waals surface area contributed by atoms with Crippen LogP contribution in [-0.4, -0.2) is 24.7 Å². The van der Waals surface area contributed by atoms with Crippen molar-refractivity contribution in [1.29, 1.82) is 0 Å². The van der Waals surface area contributed by atoms with Crippen LogP contribution in [0.15, 0.2) is 48.5 Å². The van der Waals surface area contributed by atoms with E-state index >= 15 is 0 Å². The van der Waals surface area contributed by atoms with E-state index in [0.717, 1.165) is 5.56 Å². The first-order valence-electron chi connectivity index (χ1n) is 8.03. The topological polar surface area (TPSA) is 47.6 Å². The SMILES string of the molecule is CC(C)(Oc1ccc(Cl)cc1)C(=O)NCCc1ccc(OC(F)F)cc1. The summed E-state index contributed by atoms with van der Waals surface area (Å²) >= 11 is 5.83. The molecule has 0 fully saturated rings. The van der Waals surface area contributed by atoms with E-state index in [9.17, 15) is 13.6 Å². The van der Waals surface area contributed by atoms with Crippen LogP contribution < -0.4 is 14.8 Å². The first-order valence-corrected chi connectivity index (χ1v) is 8.41. The Morgan fingerprint density at radius 3 is 2.23 bits per heavy atom. The van der Waals surface area contributed by atoms with Crippen LogP contribution in [0.25, 0.3) is 0 Å². The van der Waals surface area contributed by atoms with Crippen molar-refractivity contribution in [2.75, 3.05) is 6.54 Å². The monoisotopic (exact) mass is 383 g/mol. The lowest BCUT2D eigenvalue weighted by Gasteiger charge is -2.25. The lowest BCUT2D eigenvalue weighted by Crippen LogP contribution is -2.47. The van der Waals surface area contributed by atoms with E-state index in [0.29, 0.717) is 23.7 Å². The van der Waals surface area contributed by atoms with Crippen LogP contribution in [0.1, 0.15) is 19.4 Å². The van der Waals surface area contributed by atoms with Crippen LogP contribution >= 0.6 is 11.6 Å². The zero-order valence-corrected chi connectivity index (χ0v) is 15.2. The molecule has 140 valence electrons. The van der Waals surface area contributed by atoms with Gasteiger partial charge in [-0.05, 0) is 62.2 Å². The van der Waals surface area contributed by atoms with Crippen molar-refractivity contribution in [2.24, 2.45) is 0 Å². The van der Waals surface area contributed by atoms with Gasteiger partial charge >= 0.3 is 6.61 Å². The molecular weight excluding hydrogens is 364 g/mol. The zero-order valence-electron chi connectivity index (χ0n) is 14.5. The van der Waals surface area contributed by atoms with Gasteiger partial charge in [-0.2, -0.15) is 8.78 Å². The Bertz CT molecular complexity index is 719. The van der Waals surface area contributed by atoms with Crippen LogP contribution in [0.5, 0.6) is 11.5 Å². The second-order valence-corrected chi connectivity index (χ2v) is 6.53. The number of alkyl halides is 2. The molecule has 0 aliphatic carbocycles. The number of rotatable bonds is 8. The number of halogens is 3. The van der Waals surface area contributed by atoms with Gasteiger partial charge in [0, 0.05) is 11.6 Å². The molecular formula is C19H20ClF2NO3. The molecule has 0 aliphatic heterocycles. The largest absolute Gasteiger partial charge is 0.478 e. The van der Waals surface area contributed by atoms with Crippen LogP contribution in [0, 0.1) is 0 Å². The molecule has 2 aromatic rings. The van der Waals surface area contributed by atoms with Crippen molar-refractivity contribution in [3.05, 3.63) is 59.1 Å². The Balaban J connectivity index is 1.82. The van der Waals surface area contributed by atoms with Crippen molar-refractivity contribution < 1.29 is 23.0 Å². The third-order valence-corrected chi connectivity index (χ3v) is 3.83. The average molecular weight is 384 g/mol. The lowest BCUT2D eigenvalue weighted by atomic mass is 10.1. The number of amides is 1. The van der Waals surface area contributed by atoms with E-state index in [-0.39, 0.29) is 11.7 Å². The maximum atomic E-state index is 12.3. The fraction of sp³-hybridized carbons (Fsp3) is 0.316. The summed E-state index contributed by atoms with van der Waals surface area (Å²) in [7, 11) is 0. The van der Waals surface area contributed by atoms with Crippen molar-refractivity contribution >= 4 is 17.5 Å². The number of carbonyl (C=O) groups excluding carboxylic acids is 1. The second kappa shape index (κ2) is 8.85. The third kappa shape index (κ3) is 6.19. The minimum Gasteiger partial charge on any atom is -0.478 e. The number of hydrogen-bond acceptors (Lipinski definition) is 3. The summed E-state index contributed by atoms with van der Waals surface area (Å²) < 4.78 is 34.2. The number of carbonyl (C=O) groups is 1. The highest BCUT2D eigenvalue weighted by Crippen LogP contribution is 2.21. The van der Waals surface area contributed by atoms with Gasteiger partial charge in [0.15, 0.2) is 5.60 Å². The number of nitrogens with one attached hydrogen (secondary N) is 1. The van der Waals surface area contributed by atoms with Crippen molar-refractivity contribution in [1.82, 2.24) is 5.32 Å². The van der Waals surface area contributed by atoms with Crippen LogP contribution in [0.4, 0.5) is 8.78 Å². The molecule has 0 aromatic heterocycles. The number of ether oxygens (including phenoxy) is 2. The summed E-state index contributed by atoms with van der Waals surface area (Å²) in [4.78, 5) is 12.3. The maximum Gasteiger partial charge on any atom is 0.387 e. The van der Waals surface area contributed by atoms with Gasteiger partial charge in [0.2, 0.25) is 0 Å². The second-order valence-electron chi connectivity index (χ2n) is 6.09. The van der Waals surface area contributed by atoms with Crippen LogP contribution in [0.2, 0.25) is 5.02 Å². The van der Waals surface area contributed by atoms with E-state index in [2.05, 4.69) is 10.1 Å². The van der Waals surface area contributed by atoms with Gasteiger partial charge in [-0.1, -0.05) is 23.7 Å². The molecule has 0 radical (unpaired) electrons. The van der Waals surface area contributed by atoms with Crippen molar-refractivity contribution in [2.45, 2.75) is 32.5 Å². The van der Waals surface area contributed by atoms with Crippen molar-refractivity contribution in [3.63, 3.8) is 0 Å². The molecule has 0 unspecified atom stereocenters. The fourth-order valence-electron chi connectivity index (χ4n) is 2.21. The summed E-state index contributed by atoms with van der Waals surface area (Å²) in [5.41, 5.74) is -0.161. The predicted molar refractivity (Wildman–Crippen MR) is 95.9 cm³/mol. The molecule has 0 atom stereocenters. The minimum atomic E-state index is -2.84. The molecule has 0 saturated carbocycles. The van der Waals surface area contributed by atoms with Gasteiger partial charge in [-0.15, -0.1) is 0 Å².